The number of Topliss-reactive ketones (excluding diaryl/α,β-unsaturated/α-hetero) is 1. The number of hydrogen-bond donors (Lipinski definition) is 1. The maximum atomic E-state index is 12.6. The lowest BCUT2D eigenvalue weighted by Gasteiger charge is -2.37. The van der Waals surface area contributed by atoms with E-state index < -0.39 is 24.2 Å². The summed E-state index contributed by atoms with van der Waals surface area (Å²) in [5, 5.41) is 8.80. The Hall–Kier alpha value is -1.66. The van der Waals surface area contributed by atoms with E-state index in [1.165, 1.54) is 4.90 Å². The number of likely N-dealkylation sites (tertiary alicyclic amines) is 2. The van der Waals surface area contributed by atoms with E-state index in [2.05, 4.69) is 0 Å². The van der Waals surface area contributed by atoms with E-state index in [0.29, 0.717) is 0 Å². The molecule has 1 N–H and O–H groups in total. The second-order valence-corrected chi connectivity index (χ2v) is 4.01. The summed E-state index contributed by atoms with van der Waals surface area (Å²) in [4.78, 5) is 35.7. The molecule has 0 bridgehead atoms. The fourth-order valence-corrected chi connectivity index (χ4v) is 1.93. The van der Waals surface area contributed by atoms with E-state index in [-0.39, 0.29) is 31.8 Å². The molecule has 1 atom stereocenters. The van der Waals surface area contributed by atoms with Gasteiger partial charge in [-0.25, -0.2) is 9.18 Å². The smallest absolute Gasteiger partial charge is 0.408 e. The summed E-state index contributed by atoms with van der Waals surface area (Å²) in [6, 6.07) is -0.961. The Bertz CT molecular complexity index is 353. The first-order valence-corrected chi connectivity index (χ1v) is 4.93. The molecular formula is C9H11FN2O4. The second kappa shape index (κ2) is 3.73. The molecule has 2 saturated heterocycles. The van der Waals surface area contributed by atoms with Gasteiger partial charge in [-0.05, 0) is 0 Å². The molecule has 2 heterocycles. The van der Waals surface area contributed by atoms with Gasteiger partial charge >= 0.3 is 6.09 Å². The van der Waals surface area contributed by atoms with E-state index in [9.17, 15) is 18.8 Å². The summed E-state index contributed by atoms with van der Waals surface area (Å²) < 4.78 is 12.6. The first kappa shape index (κ1) is 10.8. The van der Waals surface area contributed by atoms with Crippen molar-refractivity contribution in [2.45, 2.75) is 18.6 Å². The van der Waals surface area contributed by atoms with Crippen LogP contribution in [-0.4, -0.2) is 64.5 Å². The Labute approximate surface area is 90.6 Å². The zero-order valence-corrected chi connectivity index (χ0v) is 8.43. The predicted molar refractivity (Wildman–Crippen MR) is 49.6 cm³/mol. The third kappa shape index (κ3) is 1.72. The molecule has 0 radical (unpaired) electrons. The van der Waals surface area contributed by atoms with Crippen molar-refractivity contribution < 1.29 is 23.9 Å². The van der Waals surface area contributed by atoms with Gasteiger partial charge in [0.2, 0.25) is 5.91 Å². The molecule has 2 fully saturated rings. The van der Waals surface area contributed by atoms with Gasteiger partial charge in [-0.15, -0.1) is 0 Å². The van der Waals surface area contributed by atoms with Crippen molar-refractivity contribution in [3.8, 4) is 0 Å². The van der Waals surface area contributed by atoms with Crippen LogP contribution >= 0.6 is 0 Å². The van der Waals surface area contributed by atoms with Gasteiger partial charge in [-0.2, -0.15) is 0 Å². The third-order valence-corrected chi connectivity index (χ3v) is 2.82. The molecule has 0 aromatic rings. The van der Waals surface area contributed by atoms with Crippen LogP contribution in [0, 0.1) is 0 Å². The Morgan fingerprint density at radius 1 is 1.38 bits per heavy atom. The Kier molecular flexibility index (Phi) is 2.53. The SMILES string of the molecule is O=C1C[C@@H](C(=O)N2CC(F)C2)N(C(=O)O)C1. The van der Waals surface area contributed by atoms with Crippen LogP contribution in [0.2, 0.25) is 0 Å². The molecule has 0 spiro atoms. The Morgan fingerprint density at radius 2 is 2.00 bits per heavy atom. The maximum Gasteiger partial charge on any atom is 0.408 e. The number of hydrogen-bond acceptors (Lipinski definition) is 3. The highest BCUT2D eigenvalue weighted by Gasteiger charge is 2.43. The standard InChI is InChI=1S/C9H11FN2O4/c10-5-2-11(3-5)8(14)7-1-6(13)4-12(7)9(15)16/h5,7H,1-4H2,(H,15,16)/t7-/m0/s1. The van der Waals surface area contributed by atoms with Crippen molar-refractivity contribution in [2.24, 2.45) is 0 Å². The van der Waals surface area contributed by atoms with Crippen LogP contribution in [-0.2, 0) is 9.59 Å². The number of ketones is 1. The molecule has 88 valence electrons. The summed E-state index contributed by atoms with van der Waals surface area (Å²) in [6.45, 7) is -0.257. The minimum absolute atomic E-state index is 0.00299. The quantitative estimate of drug-likeness (QED) is 0.658. The number of carboxylic acid groups (broad SMARTS) is 1. The first-order chi connectivity index (χ1) is 7.49. The number of carbonyl (C=O) groups excluding carboxylic acids is 2. The van der Waals surface area contributed by atoms with Gasteiger partial charge in [-0.3, -0.25) is 14.5 Å². The Balaban J connectivity index is 2.04. The zero-order valence-electron chi connectivity index (χ0n) is 8.43. The lowest BCUT2D eigenvalue weighted by Crippen LogP contribution is -2.57. The summed E-state index contributed by atoms with van der Waals surface area (Å²) in [7, 11) is 0. The molecule has 2 amide bonds. The van der Waals surface area contributed by atoms with E-state index >= 15 is 0 Å². The van der Waals surface area contributed by atoms with Crippen LogP contribution < -0.4 is 0 Å². The lowest BCUT2D eigenvalue weighted by atomic mass is 10.1. The number of amides is 2. The summed E-state index contributed by atoms with van der Waals surface area (Å²) in [6.07, 6.45) is -2.42. The highest BCUT2D eigenvalue weighted by Crippen LogP contribution is 2.21. The normalized spacial score (nSPS) is 25.8. The average molecular weight is 230 g/mol. The zero-order chi connectivity index (χ0) is 11.9. The molecule has 0 aliphatic carbocycles. The fourth-order valence-electron chi connectivity index (χ4n) is 1.93. The van der Waals surface area contributed by atoms with Crippen molar-refractivity contribution >= 4 is 17.8 Å². The van der Waals surface area contributed by atoms with Crippen molar-refractivity contribution in [3.05, 3.63) is 0 Å². The highest BCUT2D eigenvalue weighted by molar-refractivity contribution is 5.97. The van der Waals surface area contributed by atoms with Gasteiger partial charge in [0.05, 0.1) is 19.6 Å². The first-order valence-electron chi connectivity index (χ1n) is 4.93. The molecule has 0 saturated carbocycles. The van der Waals surface area contributed by atoms with Crippen molar-refractivity contribution in [1.29, 1.82) is 0 Å². The van der Waals surface area contributed by atoms with E-state index in [1.807, 2.05) is 0 Å². The number of alkyl halides is 1. The molecule has 16 heavy (non-hydrogen) atoms. The monoisotopic (exact) mass is 230 g/mol. The fraction of sp³-hybridized carbons (Fsp3) is 0.667. The van der Waals surface area contributed by atoms with Crippen LogP contribution in [0.3, 0.4) is 0 Å². The third-order valence-electron chi connectivity index (χ3n) is 2.82. The van der Waals surface area contributed by atoms with Crippen molar-refractivity contribution in [3.63, 3.8) is 0 Å². The highest BCUT2D eigenvalue weighted by atomic mass is 19.1. The van der Waals surface area contributed by atoms with Crippen molar-refractivity contribution in [1.82, 2.24) is 9.80 Å². The number of carbonyl (C=O) groups is 3. The van der Waals surface area contributed by atoms with Gasteiger partial charge in [0.1, 0.15) is 12.2 Å². The number of nitrogens with zero attached hydrogens (tertiary/aromatic N) is 2. The van der Waals surface area contributed by atoms with Gasteiger partial charge < -0.3 is 10.0 Å². The lowest BCUT2D eigenvalue weighted by molar-refractivity contribution is -0.142. The van der Waals surface area contributed by atoms with Crippen molar-refractivity contribution in [2.75, 3.05) is 19.6 Å². The Morgan fingerprint density at radius 3 is 2.50 bits per heavy atom. The molecular weight excluding hydrogens is 219 g/mol. The van der Waals surface area contributed by atoms with Gasteiger partial charge in [0, 0.05) is 6.42 Å². The molecule has 0 unspecified atom stereocenters. The minimum atomic E-state index is -1.29. The number of halogens is 1. The van der Waals surface area contributed by atoms with Crippen LogP contribution in [0.4, 0.5) is 9.18 Å². The van der Waals surface area contributed by atoms with Gasteiger partial charge in [-0.1, -0.05) is 0 Å². The van der Waals surface area contributed by atoms with Crippen LogP contribution in [0.15, 0.2) is 0 Å². The molecule has 0 aromatic heterocycles. The molecule has 2 aliphatic heterocycles. The molecule has 2 rings (SSSR count). The summed E-state index contributed by atoms with van der Waals surface area (Å²) in [5.74, 6) is -0.750. The predicted octanol–water partition coefficient (Wildman–Crippen LogP) is -0.512. The van der Waals surface area contributed by atoms with Crippen LogP contribution in [0.5, 0.6) is 0 Å². The van der Waals surface area contributed by atoms with E-state index in [0.717, 1.165) is 4.90 Å². The average Bonchev–Trinajstić information content (AvgIpc) is 2.54. The molecule has 7 heteroatoms. The largest absolute Gasteiger partial charge is 0.465 e. The topological polar surface area (TPSA) is 77.9 Å². The van der Waals surface area contributed by atoms with Gasteiger partial charge in [0.15, 0.2) is 5.78 Å². The van der Waals surface area contributed by atoms with E-state index in [4.69, 9.17) is 5.11 Å². The minimum Gasteiger partial charge on any atom is -0.465 e. The molecule has 6 nitrogen and oxygen atoms in total. The van der Waals surface area contributed by atoms with Crippen LogP contribution in [0.1, 0.15) is 6.42 Å². The van der Waals surface area contributed by atoms with Crippen LogP contribution in [0.25, 0.3) is 0 Å². The maximum absolute atomic E-state index is 12.6. The summed E-state index contributed by atoms with van der Waals surface area (Å²) >= 11 is 0. The summed E-state index contributed by atoms with van der Waals surface area (Å²) in [5.41, 5.74) is 0. The van der Waals surface area contributed by atoms with Gasteiger partial charge in [0.25, 0.3) is 0 Å². The number of rotatable bonds is 1. The molecule has 0 aromatic carbocycles. The van der Waals surface area contributed by atoms with E-state index in [1.54, 1.807) is 0 Å². The second-order valence-electron chi connectivity index (χ2n) is 4.01. The molecule has 2 aliphatic rings.